The lowest BCUT2D eigenvalue weighted by Gasteiger charge is -2.17. The Morgan fingerprint density at radius 1 is 1.40 bits per heavy atom. The Kier molecular flexibility index (Phi) is 3.80. The summed E-state index contributed by atoms with van der Waals surface area (Å²) in [5, 5.41) is 8.92. The molecule has 1 amide bonds. The highest BCUT2D eigenvalue weighted by atomic mass is 32.2. The number of carbonyl (C=O) groups excluding carboxylic acids is 1. The largest absolute Gasteiger partial charge is 0.481 e. The van der Waals surface area contributed by atoms with Crippen LogP contribution in [0.1, 0.15) is 12.0 Å². The molecular formula is C13H15NO5S. The quantitative estimate of drug-likeness (QED) is 0.875. The van der Waals surface area contributed by atoms with Crippen LogP contribution in [0.5, 0.6) is 0 Å². The van der Waals surface area contributed by atoms with E-state index in [-0.39, 0.29) is 30.3 Å². The molecule has 1 fully saturated rings. The highest BCUT2D eigenvalue weighted by Crippen LogP contribution is 2.23. The van der Waals surface area contributed by atoms with Crippen LogP contribution in [0.25, 0.3) is 0 Å². The molecule has 7 heteroatoms. The number of hydrogen-bond donors (Lipinski definition) is 1. The number of hydrogen-bond acceptors (Lipinski definition) is 4. The van der Waals surface area contributed by atoms with E-state index in [9.17, 15) is 18.0 Å². The van der Waals surface area contributed by atoms with Gasteiger partial charge in [0.15, 0.2) is 9.84 Å². The number of rotatable bonds is 4. The summed E-state index contributed by atoms with van der Waals surface area (Å²) in [6.45, 7) is 0.234. The van der Waals surface area contributed by atoms with Gasteiger partial charge in [0.05, 0.1) is 10.8 Å². The Morgan fingerprint density at radius 3 is 2.60 bits per heavy atom. The van der Waals surface area contributed by atoms with Crippen molar-refractivity contribution >= 4 is 21.7 Å². The summed E-state index contributed by atoms with van der Waals surface area (Å²) in [6, 6.07) is 6.43. The molecule has 1 unspecified atom stereocenters. The molecule has 0 aliphatic carbocycles. The van der Waals surface area contributed by atoms with Crippen LogP contribution < -0.4 is 0 Å². The van der Waals surface area contributed by atoms with Crippen LogP contribution in [0.15, 0.2) is 29.2 Å². The van der Waals surface area contributed by atoms with E-state index in [1.54, 1.807) is 18.2 Å². The van der Waals surface area contributed by atoms with Crippen molar-refractivity contribution in [2.75, 3.05) is 12.8 Å². The monoisotopic (exact) mass is 297 g/mol. The summed E-state index contributed by atoms with van der Waals surface area (Å²) in [7, 11) is -3.38. The van der Waals surface area contributed by atoms with E-state index >= 15 is 0 Å². The van der Waals surface area contributed by atoms with Gasteiger partial charge in [-0.1, -0.05) is 18.2 Å². The number of aliphatic carboxylic acids is 1. The molecule has 1 heterocycles. The molecule has 0 radical (unpaired) electrons. The minimum Gasteiger partial charge on any atom is -0.481 e. The highest BCUT2D eigenvalue weighted by molar-refractivity contribution is 7.90. The van der Waals surface area contributed by atoms with Crippen LogP contribution in [0, 0.1) is 5.92 Å². The maximum atomic E-state index is 11.8. The number of sulfone groups is 1. The second kappa shape index (κ2) is 5.24. The van der Waals surface area contributed by atoms with Crippen molar-refractivity contribution in [1.82, 2.24) is 4.90 Å². The Bertz CT molecular complexity index is 652. The molecule has 1 aromatic carbocycles. The standard InChI is InChI=1S/C13H15NO5S/c1-20(18,19)11-5-3-2-4-9(11)7-14-8-10(13(16)17)6-12(14)15/h2-5,10H,6-8H2,1H3,(H,16,17). The third kappa shape index (κ3) is 2.98. The zero-order valence-corrected chi connectivity index (χ0v) is 11.8. The second-order valence-corrected chi connectivity index (χ2v) is 6.88. The number of amides is 1. The molecule has 1 aliphatic heterocycles. The van der Waals surface area contributed by atoms with E-state index in [0.717, 1.165) is 6.26 Å². The van der Waals surface area contributed by atoms with Gasteiger partial charge in [-0.2, -0.15) is 0 Å². The molecule has 1 N–H and O–H groups in total. The molecule has 6 nitrogen and oxygen atoms in total. The molecule has 0 aromatic heterocycles. The molecule has 2 rings (SSSR count). The van der Waals surface area contributed by atoms with Crippen LogP contribution in [0.4, 0.5) is 0 Å². The maximum absolute atomic E-state index is 11.8. The average molecular weight is 297 g/mol. The number of carbonyl (C=O) groups is 2. The third-order valence-corrected chi connectivity index (χ3v) is 4.49. The Morgan fingerprint density at radius 2 is 2.05 bits per heavy atom. The summed E-state index contributed by atoms with van der Waals surface area (Å²) in [4.78, 5) is 24.2. The van der Waals surface area contributed by atoms with Gasteiger partial charge in [0.2, 0.25) is 5.91 Å². The lowest BCUT2D eigenvalue weighted by Crippen LogP contribution is -2.26. The normalized spacial score (nSPS) is 19.4. The van der Waals surface area contributed by atoms with Gasteiger partial charge in [0, 0.05) is 25.8 Å². The van der Waals surface area contributed by atoms with Crippen LogP contribution in [0.2, 0.25) is 0 Å². The van der Waals surface area contributed by atoms with Crippen molar-refractivity contribution in [2.45, 2.75) is 17.9 Å². The number of likely N-dealkylation sites (tertiary alicyclic amines) is 1. The maximum Gasteiger partial charge on any atom is 0.308 e. The fraction of sp³-hybridized carbons (Fsp3) is 0.385. The Labute approximate surface area is 116 Å². The van der Waals surface area contributed by atoms with E-state index in [1.165, 1.54) is 11.0 Å². The molecular weight excluding hydrogens is 282 g/mol. The van der Waals surface area contributed by atoms with Gasteiger partial charge in [-0.15, -0.1) is 0 Å². The van der Waals surface area contributed by atoms with Gasteiger partial charge in [-0.05, 0) is 11.6 Å². The van der Waals surface area contributed by atoms with E-state index in [4.69, 9.17) is 5.11 Å². The number of carboxylic acids is 1. The first kappa shape index (κ1) is 14.5. The van der Waals surface area contributed by atoms with Gasteiger partial charge in [0.25, 0.3) is 0 Å². The number of nitrogens with zero attached hydrogens (tertiary/aromatic N) is 1. The van der Waals surface area contributed by atoms with Crippen LogP contribution in [0.3, 0.4) is 0 Å². The van der Waals surface area contributed by atoms with Crippen molar-refractivity contribution in [3.05, 3.63) is 29.8 Å². The van der Waals surface area contributed by atoms with Crippen molar-refractivity contribution < 1.29 is 23.1 Å². The number of carboxylic acid groups (broad SMARTS) is 1. The first-order chi connectivity index (χ1) is 9.29. The molecule has 0 bridgehead atoms. The van der Waals surface area contributed by atoms with Crippen molar-refractivity contribution in [2.24, 2.45) is 5.92 Å². The van der Waals surface area contributed by atoms with Gasteiger partial charge in [-0.25, -0.2) is 8.42 Å². The average Bonchev–Trinajstić information content (AvgIpc) is 2.71. The van der Waals surface area contributed by atoms with Crippen LogP contribution in [-0.2, 0) is 26.0 Å². The van der Waals surface area contributed by atoms with Gasteiger partial charge in [0.1, 0.15) is 0 Å². The molecule has 0 saturated carbocycles. The summed E-state index contributed by atoms with van der Waals surface area (Å²) in [5.41, 5.74) is 0.509. The lowest BCUT2D eigenvalue weighted by atomic mass is 10.1. The first-order valence-electron chi connectivity index (χ1n) is 6.07. The Balaban J connectivity index is 2.24. The van der Waals surface area contributed by atoms with Crippen molar-refractivity contribution in [3.63, 3.8) is 0 Å². The molecule has 0 spiro atoms. The third-order valence-electron chi connectivity index (χ3n) is 3.30. The smallest absolute Gasteiger partial charge is 0.308 e. The second-order valence-electron chi connectivity index (χ2n) is 4.89. The predicted octanol–water partition coefficient (Wildman–Crippen LogP) is 0.523. The molecule has 1 aromatic rings. The topological polar surface area (TPSA) is 91.8 Å². The summed E-state index contributed by atoms with van der Waals surface area (Å²) in [6.07, 6.45) is 1.08. The van der Waals surface area contributed by atoms with Crippen molar-refractivity contribution in [3.8, 4) is 0 Å². The molecule has 1 saturated heterocycles. The number of benzene rings is 1. The van der Waals surface area contributed by atoms with Gasteiger partial charge in [-0.3, -0.25) is 9.59 Å². The summed E-state index contributed by atoms with van der Waals surface area (Å²) >= 11 is 0. The highest BCUT2D eigenvalue weighted by Gasteiger charge is 2.34. The molecule has 1 atom stereocenters. The minimum atomic E-state index is -3.38. The Hall–Kier alpha value is -1.89. The van der Waals surface area contributed by atoms with Crippen LogP contribution >= 0.6 is 0 Å². The van der Waals surface area contributed by atoms with Crippen LogP contribution in [-0.4, -0.2) is 43.1 Å². The minimum absolute atomic E-state index is 0.0314. The fourth-order valence-electron chi connectivity index (χ4n) is 2.29. The molecule has 1 aliphatic rings. The molecule has 108 valence electrons. The van der Waals surface area contributed by atoms with E-state index in [1.807, 2.05) is 0 Å². The zero-order chi connectivity index (χ0) is 14.9. The van der Waals surface area contributed by atoms with E-state index < -0.39 is 21.7 Å². The first-order valence-corrected chi connectivity index (χ1v) is 7.96. The van der Waals surface area contributed by atoms with Gasteiger partial charge >= 0.3 is 5.97 Å². The lowest BCUT2D eigenvalue weighted by molar-refractivity contribution is -0.141. The van der Waals surface area contributed by atoms with E-state index in [0.29, 0.717) is 5.56 Å². The van der Waals surface area contributed by atoms with Crippen molar-refractivity contribution in [1.29, 1.82) is 0 Å². The predicted molar refractivity (Wildman–Crippen MR) is 70.7 cm³/mol. The fourth-order valence-corrected chi connectivity index (χ4v) is 3.23. The summed E-state index contributed by atoms with van der Waals surface area (Å²) in [5.74, 6) is -1.98. The SMILES string of the molecule is CS(=O)(=O)c1ccccc1CN1CC(C(=O)O)CC1=O. The zero-order valence-electron chi connectivity index (χ0n) is 10.9. The molecule has 20 heavy (non-hydrogen) atoms. The van der Waals surface area contributed by atoms with Gasteiger partial charge < -0.3 is 10.0 Å². The summed E-state index contributed by atoms with van der Waals surface area (Å²) < 4.78 is 23.4. The van der Waals surface area contributed by atoms with E-state index in [2.05, 4.69) is 0 Å².